The van der Waals surface area contributed by atoms with Gasteiger partial charge in [0.25, 0.3) is 5.91 Å². The summed E-state index contributed by atoms with van der Waals surface area (Å²) in [5, 5.41) is 13.4. The van der Waals surface area contributed by atoms with Crippen LogP contribution in [-0.4, -0.2) is 28.6 Å². The van der Waals surface area contributed by atoms with Crippen LogP contribution in [-0.2, 0) is 6.42 Å². The first-order chi connectivity index (χ1) is 10.6. The van der Waals surface area contributed by atoms with Crippen molar-refractivity contribution >= 4 is 17.2 Å². The zero-order chi connectivity index (χ0) is 15.9. The summed E-state index contributed by atoms with van der Waals surface area (Å²) >= 11 is 1.44. The van der Waals surface area contributed by atoms with E-state index in [2.05, 4.69) is 17.2 Å². The third-order valence-corrected chi connectivity index (χ3v) is 4.62. The van der Waals surface area contributed by atoms with E-state index in [0.29, 0.717) is 11.4 Å². The minimum Gasteiger partial charge on any atom is -0.387 e. The fraction of sp³-hybridized carbons (Fsp3) is 0.375. The fourth-order valence-corrected chi connectivity index (χ4v) is 2.98. The van der Waals surface area contributed by atoms with Crippen molar-refractivity contribution in [2.45, 2.75) is 31.9 Å². The Morgan fingerprint density at radius 1 is 1.45 bits per heavy atom. The molecular formula is C16H21N3O2S. The number of pyridine rings is 1. The smallest absolute Gasteiger partial charge is 0.258 e. The number of nitrogens with zero attached hydrogens (tertiary/aromatic N) is 1. The van der Waals surface area contributed by atoms with E-state index in [4.69, 9.17) is 5.73 Å². The maximum atomic E-state index is 11.1. The highest BCUT2D eigenvalue weighted by Gasteiger charge is 2.10. The van der Waals surface area contributed by atoms with Crippen LogP contribution in [0.15, 0.2) is 36.7 Å². The molecule has 0 aliphatic rings. The van der Waals surface area contributed by atoms with Crippen molar-refractivity contribution < 1.29 is 9.90 Å². The highest BCUT2D eigenvalue weighted by Crippen LogP contribution is 2.18. The summed E-state index contributed by atoms with van der Waals surface area (Å²) in [6.07, 6.45) is 4.62. The van der Waals surface area contributed by atoms with Crippen molar-refractivity contribution in [3.8, 4) is 0 Å². The van der Waals surface area contributed by atoms with Gasteiger partial charge in [-0.2, -0.15) is 0 Å². The Balaban J connectivity index is 1.73. The van der Waals surface area contributed by atoms with Gasteiger partial charge in [0.05, 0.1) is 11.0 Å². The first kappa shape index (κ1) is 16.6. The quantitative estimate of drug-likeness (QED) is 0.693. The van der Waals surface area contributed by atoms with Gasteiger partial charge >= 0.3 is 0 Å². The lowest BCUT2D eigenvalue weighted by Gasteiger charge is -2.17. The van der Waals surface area contributed by atoms with Crippen molar-refractivity contribution in [1.29, 1.82) is 0 Å². The first-order valence-electron chi connectivity index (χ1n) is 7.26. The number of aryl methyl sites for hydroxylation is 1. The number of carbonyl (C=O) groups excluding carboxylic acids is 1. The fourth-order valence-electron chi connectivity index (χ4n) is 2.11. The molecule has 2 atom stereocenters. The van der Waals surface area contributed by atoms with Gasteiger partial charge in [0, 0.05) is 35.4 Å². The van der Waals surface area contributed by atoms with Crippen LogP contribution in [0.25, 0.3) is 0 Å². The van der Waals surface area contributed by atoms with Crippen molar-refractivity contribution in [1.82, 2.24) is 10.3 Å². The van der Waals surface area contributed by atoms with E-state index >= 15 is 0 Å². The third-order valence-electron chi connectivity index (χ3n) is 3.46. The molecular weight excluding hydrogens is 298 g/mol. The van der Waals surface area contributed by atoms with Crippen LogP contribution < -0.4 is 11.1 Å². The first-order valence-corrected chi connectivity index (χ1v) is 8.08. The number of carbonyl (C=O) groups is 1. The number of nitrogens with two attached hydrogens (primary N) is 1. The summed E-state index contributed by atoms with van der Waals surface area (Å²) in [5.41, 5.74) is 6.06. The number of aliphatic hydroxyl groups is 1. The molecule has 2 unspecified atom stereocenters. The van der Waals surface area contributed by atoms with E-state index in [-0.39, 0.29) is 11.9 Å². The van der Waals surface area contributed by atoms with Crippen LogP contribution >= 0.6 is 11.3 Å². The lowest BCUT2D eigenvalue weighted by Crippen LogP contribution is -2.30. The Morgan fingerprint density at radius 3 is 2.91 bits per heavy atom. The second kappa shape index (κ2) is 8.03. The molecule has 5 nitrogen and oxygen atoms in total. The Kier molecular flexibility index (Phi) is 6.06. The van der Waals surface area contributed by atoms with Crippen LogP contribution in [0.1, 0.15) is 39.6 Å². The predicted molar refractivity (Wildman–Crippen MR) is 87.8 cm³/mol. The molecule has 2 rings (SSSR count). The lowest BCUT2D eigenvalue weighted by molar-refractivity contribution is 0.100. The maximum Gasteiger partial charge on any atom is 0.258 e. The van der Waals surface area contributed by atoms with Gasteiger partial charge in [-0.3, -0.25) is 9.78 Å². The normalized spacial score (nSPS) is 13.7. The molecule has 0 aromatic carbocycles. The zero-order valence-electron chi connectivity index (χ0n) is 12.5. The van der Waals surface area contributed by atoms with Gasteiger partial charge in [0.1, 0.15) is 0 Å². The van der Waals surface area contributed by atoms with Gasteiger partial charge < -0.3 is 16.2 Å². The molecule has 2 aromatic rings. The highest BCUT2D eigenvalue weighted by molar-refractivity contribution is 7.14. The summed E-state index contributed by atoms with van der Waals surface area (Å²) in [4.78, 5) is 16.8. The number of nitrogens with one attached hydrogen (secondary N) is 1. The van der Waals surface area contributed by atoms with E-state index in [1.54, 1.807) is 18.5 Å². The average molecular weight is 319 g/mol. The molecule has 0 aliphatic heterocycles. The molecule has 22 heavy (non-hydrogen) atoms. The molecule has 0 saturated carbocycles. The van der Waals surface area contributed by atoms with Gasteiger partial charge in [-0.1, -0.05) is 6.07 Å². The van der Waals surface area contributed by atoms with Gasteiger partial charge in [-0.15, -0.1) is 11.3 Å². The Labute approximate surface area is 134 Å². The van der Waals surface area contributed by atoms with Gasteiger partial charge in [-0.25, -0.2) is 0 Å². The van der Waals surface area contributed by atoms with Crippen LogP contribution in [0.2, 0.25) is 0 Å². The summed E-state index contributed by atoms with van der Waals surface area (Å²) in [6, 6.07) is 7.66. The van der Waals surface area contributed by atoms with E-state index in [1.165, 1.54) is 11.3 Å². The van der Waals surface area contributed by atoms with Crippen molar-refractivity contribution in [2.24, 2.45) is 5.73 Å². The van der Waals surface area contributed by atoms with Crippen LogP contribution in [0, 0.1) is 0 Å². The summed E-state index contributed by atoms with van der Waals surface area (Å²) in [6.45, 7) is 2.57. The molecule has 118 valence electrons. The molecule has 0 radical (unpaired) electrons. The van der Waals surface area contributed by atoms with Crippen molar-refractivity contribution in [3.63, 3.8) is 0 Å². The number of amides is 1. The molecule has 0 bridgehead atoms. The number of primary amides is 1. The van der Waals surface area contributed by atoms with Crippen LogP contribution in [0.3, 0.4) is 0 Å². The maximum absolute atomic E-state index is 11.1. The number of hydrogen-bond acceptors (Lipinski definition) is 5. The molecule has 0 fully saturated rings. The minimum atomic E-state index is -0.556. The number of aliphatic hydroxyl groups excluding tert-OH is 1. The number of thiophene rings is 1. The summed E-state index contributed by atoms with van der Waals surface area (Å²) in [5.74, 6) is -0.373. The lowest BCUT2D eigenvalue weighted by atomic mass is 10.1. The number of rotatable bonds is 8. The van der Waals surface area contributed by atoms with E-state index in [0.717, 1.165) is 23.3 Å². The Hall–Kier alpha value is -1.76. The molecule has 2 aromatic heterocycles. The zero-order valence-corrected chi connectivity index (χ0v) is 13.3. The average Bonchev–Trinajstić information content (AvgIpc) is 3.00. The second-order valence-corrected chi connectivity index (χ2v) is 6.45. The topological polar surface area (TPSA) is 88.2 Å². The molecule has 4 N–H and O–H groups in total. The van der Waals surface area contributed by atoms with Gasteiger partial charge in [0.2, 0.25) is 0 Å². The van der Waals surface area contributed by atoms with Crippen molar-refractivity contribution in [3.05, 3.63) is 52.0 Å². The predicted octanol–water partition coefficient (Wildman–Crippen LogP) is 1.89. The largest absolute Gasteiger partial charge is 0.387 e. The summed E-state index contributed by atoms with van der Waals surface area (Å²) < 4.78 is 0. The van der Waals surface area contributed by atoms with E-state index in [1.807, 2.05) is 18.2 Å². The van der Waals surface area contributed by atoms with Gasteiger partial charge in [-0.05, 0) is 38.0 Å². The van der Waals surface area contributed by atoms with Crippen molar-refractivity contribution in [2.75, 3.05) is 6.54 Å². The SMILES string of the molecule is CC(CCc1ccc(C(N)=O)s1)NCC(O)c1cccnc1. The van der Waals surface area contributed by atoms with Gasteiger partial charge in [0.15, 0.2) is 0 Å². The molecule has 6 heteroatoms. The summed E-state index contributed by atoms with van der Waals surface area (Å²) in [7, 11) is 0. The standard InChI is InChI=1S/C16H21N3O2S/c1-11(4-5-13-6-7-15(22-13)16(17)21)19-10-14(20)12-3-2-8-18-9-12/h2-3,6-9,11,14,19-20H,4-5,10H2,1H3,(H2,17,21). The molecule has 0 aliphatic carbocycles. The number of hydrogen-bond donors (Lipinski definition) is 3. The highest BCUT2D eigenvalue weighted by atomic mass is 32.1. The number of aromatic nitrogens is 1. The van der Waals surface area contributed by atoms with Crippen LogP contribution in [0.5, 0.6) is 0 Å². The Morgan fingerprint density at radius 2 is 2.27 bits per heavy atom. The van der Waals surface area contributed by atoms with E-state index < -0.39 is 6.10 Å². The molecule has 1 amide bonds. The minimum absolute atomic E-state index is 0.269. The second-order valence-electron chi connectivity index (χ2n) is 5.28. The third kappa shape index (κ3) is 4.91. The Bertz CT molecular complexity index is 600. The monoisotopic (exact) mass is 319 g/mol. The van der Waals surface area contributed by atoms with Crippen LogP contribution in [0.4, 0.5) is 0 Å². The molecule has 0 spiro atoms. The van der Waals surface area contributed by atoms with E-state index in [9.17, 15) is 9.90 Å². The molecule has 2 heterocycles. The molecule has 0 saturated heterocycles.